The summed E-state index contributed by atoms with van der Waals surface area (Å²) in [5.41, 5.74) is 0.386. The van der Waals surface area contributed by atoms with Crippen molar-refractivity contribution in [2.45, 2.75) is 12.8 Å². The summed E-state index contributed by atoms with van der Waals surface area (Å²) in [5.74, 6) is -1.60. The van der Waals surface area contributed by atoms with Crippen LogP contribution in [0.15, 0.2) is 36.4 Å². The fraction of sp³-hybridized carbons (Fsp3) is 0.200. The molecule has 0 saturated heterocycles. The van der Waals surface area contributed by atoms with Crippen molar-refractivity contribution in [2.75, 3.05) is 6.54 Å². The van der Waals surface area contributed by atoms with E-state index < -0.39 is 5.97 Å². The fourth-order valence-corrected chi connectivity index (χ4v) is 2.00. The molecule has 104 valence electrons. The van der Waals surface area contributed by atoms with Crippen LogP contribution in [0.3, 0.4) is 0 Å². The zero-order chi connectivity index (χ0) is 14.5. The molecule has 0 aliphatic rings. The number of halogens is 1. The van der Waals surface area contributed by atoms with Crippen molar-refractivity contribution >= 4 is 22.6 Å². The minimum Gasteiger partial charge on any atom is -0.481 e. The average molecular weight is 275 g/mol. The first-order chi connectivity index (χ1) is 9.59. The molecule has 0 bridgehead atoms. The Balaban J connectivity index is 2.14. The van der Waals surface area contributed by atoms with E-state index in [1.807, 2.05) is 0 Å². The summed E-state index contributed by atoms with van der Waals surface area (Å²) in [6, 6.07) is 9.44. The average Bonchev–Trinajstić information content (AvgIpc) is 2.44. The van der Waals surface area contributed by atoms with Crippen LogP contribution >= 0.6 is 0 Å². The van der Waals surface area contributed by atoms with Crippen LogP contribution in [0, 0.1) is 5.82 Å². The van der Waals surface area contributed by atoms with Crippen LogP contribution < -0.4 is 5.32 Å². The zero-order valence-corrected chi connectivity index (χ0v) is 10.7. The predicted molar refractivity (Wildman–Crippen MR) is 73.1 cm³/mol. The van der Waals surface area contributed by atoms with Crippen LogP contribution in [0.1, 0.15) is 23.2 Å². The second-order valence-electron chi connectivity index (χ2n) is 4.39. The van der Waals surface area contributed by atoms with Gasteiger partial charge in [0.1, 0.15) is 5.82 Å². The Bertz CT molecular complexity index is 655. The number of fused-ring (bicyclic) bond motifs is 1. The van der Waals surface area contributed by atoms with Crippen LogP contribution in [0.4, 0.5) is 4.39 Å². The van der Waals surface area contributed by atoms with E-state index in [2.05, 4.69) is 5.32 Å². The molecule has 0 fully saturated rings. The number of benzene rings is 2. The molecule has 0 spiro atoms. The Hall–Kier alpha value is -2.43. The lowest BCUT2D eigenvalue weighted by Crippen LogP contribution is -2.25. The first kappa shape index (κ1) is 14.0. The van der Waals surface area contributed by atoms with Gasteiger partial charge in [0, 0.05) is 23.9 Å². The van der Waals surface area contributed by atoms with Gasteiger partial charge in [-0.1, -0.05) is 24.3 Å². The van der Waals surface area contributed by atoms with Crippen molar-refractivity contribution in [3.05, 3.63) is 47.8 Å². The van der Waals surface area contributed by atoms with Gasteiger partial charge < -0.3 is 10.4 Å². The maximum absolute atomic E-state index is 13.6. The van der Waals surface area contributed by atoms with E-state index >= 15 is 0 Å². The number of carboxylic acids is 1. The summed E-state index contributed by atoms with van der Waals surface area (Å²) < 4.78 is 13.6. The molecule has 20 heavy (non-hydrogen) atoms. The molecule has 0 saturated carbocycles. The third-order valence-electron chi connectivity index (χ3n) is 2.97. The molecule has 4 nitrogen and oxygen atoms in total. The largest absolute Gasteiger partial charge is 0.481 e. The molecule has 1 amide bonds. The smallest absolute Gasteiger partial charge is 0.303 e. The van der Waals surface area contributed by atoms with E-state index in [0.717, 1.165) is 0 Å². The Morgan fingerprint density at radius 2 is 1.80 bits per heavy atom. The Morgan fingerprint density at radius 3 is 2.50 bits per heavy atom. The molecule has 0 atom stereocenters. The first-order valence-electron chi connectivity index (χ1n) is 6.27. The highest BCUT2D eigenvalue weighted by atomic mass is 19.1. The van der Waals surface area contributed by atoms with Crippen molar-refractivity contribution in [3.63, 3.8) is 0 Å². The van der Waals surface area contributed by atoms with E-state index in [1.165, 1.54) is 12.1 Å². The molecule has 2 aromatic rings. The number of hydrogen-bond acceptors (Lipinski definition) is 2. The van der Waals surface area contributed by atoms with Gasteiger partial charge in [-0.05, 0) is 23.9 Å². The first-order valence-corrected chi connectivity index (χ1v) is 6.27. The Labute approximate surface area is 115 Å². The number of aliphatic carboxylic acids is 1. The van der Waals surface area contributed by atoms with Gasteiger partial charge in [0.05, 0.1) is 0 Å². The SMILES string of the molecule is O=C(O)CCCNC(=O)c1ccc(F)c2ccccc12. The Morgan fingerprint density at radius 1 is 1.10 bits per heavy atom. The van der Waals surface area contributed by atoms with Crippen LogP contribution in [0.5, 0.6) is 0 Å². The van der Waals surface area contributed by atoms with E-state index in [-0.39, 0.29) is 24.7 Å². The lowest BCUT2D eigenvalue weighted by Gasteiger charge is -2.08. The number of nitrogens with one attached hydrogen (secondary N) is 1. The zero-order valence-electron chi connectivity index (χ0n) is 10.7. The number of amides is 1. The number of carboxylic acid groups (broad SMARTS) is 1. The van der Waals surface area contributed by atoms with Crippen molar-refractivity contribution in [1.82, 2.24) is 5.32 Å². The molecule has 0 aromatic heterocycles. The standard InChI is InChI=1S/C15H14FNO3/c16-13-8-7-12(10-4-1-2-5-11(10)13)15(20)17-9-3-6-14(18)19/h1-2,4-5,7-8H,3,6,9H2,(H,17,20)(H,18,19). The minimum absolute atomic E-state index is 0.00441. The summed E-state index contributed by atoms with van der Waals surface area (Å²) in [4.78, 5) is 22.4. The molecule has 2 rings (SSSR count). The highest BCUT2D eigenvalue weighted by Gasteiger charge is 2.11. The van der Waals surface area contributed by atoms with Gasteiger partial charge in [0.15, 0.2) is 0 Å². The number of carbonyl (C=O) groups is 2. The summed E-state index contributed by atoms with van der Waals surface area (Å²) >= 11 is 0. The molecule has 0 aliphatic carbocycles. The second-order valence-corrected chi connectivity index (χ2v) is 4.39. The van der Waals surface area contributed by atoms with Gasteiger partial charge >= 0.3 is 5.97 Å². The topological polar surface area (TPSA) is 66.4 Å². The van der Waals surface area contributed by atoms with Gasteiger partial charge in [0.2, 0.25) is 0 Å². The summed E-state index contributed by atoms with van der Waals surface area (Å²) in [6.07, 6.45) is 0.366. The van der Waals surface area contributed by atoms with Gasteiger partial charge in [-0.25, -0.2) is 4.39 Å². The van der Waals surface area contributed by atoms with Gasteiger partial charge in [-0.2, -0.15) is 0 Å². The molecule has 0 heterocycles. The van der Waals surface area contributed by atoms with E-state index in [1.54, 1.807) is 24.3 Å². The monoisotopic (exact) mass is 275 g/mol. The molecule has 0 aliphatic heterocycles. The van der Waals surface area contributed by atoms with Crippen molar-refractivity contribution in [2.24, 2.45) is 0 Å². The van der Waals surface area contributed by atoms with Gasteiger partial charge in [-0.15, -0.1) is 0 Å². The minimum atomic E-state index is -0.897. The maximum atomic E-state index is 13.6. The number of hydrogen-bond donors (Lipinski definition) is 2. The molecular weight excluding hydrogens is 261 g/mol. The third-order valence-corrected chi connectivity index (χ3v) is 2.97. The predicted octanol–water partition coefficient (Wildman–Crippen LogP) is 2.57. The summed E-state index contributed by atoms with van der Waals surface area (Å²) in [6.45, 7) is 0.275. The lowest BCUT2D eigenvalue weighted by atomic mass is 10.0. The normalized spacial score (nSPS) is 10.4. The van der Waals surface area contributed by atoms with Gasteiger partial charge in [-0.3, -0.25) is 9.59 Å². The molecular formula is C15H14FNO3. The van der Waals surface area contributed by atoms with Gasteiger partial charge in [0.25, 0.3) is 5.91 Å². The van der Waals surface area contributed by atoms with Crippen LogP contribution in [-0.2, 0) is 4.79 Å². The van der Waals surface area contributed by atoms with Crippen LogP contribution in [0.2, 0.25) is 0 Å². The van der Waals surface area contributed by atoms with Crippen LogP contribution in [0.25, 0.3) is 10.8 Å². The molecule has 5 heteroatoms. The molecule has 0 unspecified atom stereocenters. The molecule has 0 radical (unpaired) electrons. The number of rotatable bonds is 5. The highest BCUT2D eigenvalue weighted by molar-refractivity contribution is 6.07. The van der Waals surface area contributed by atoms with Crippen molar-refractivity contribution < 1.29 is 19.1 Å². The second kappa shape index (κ2) is 6.14. The fourth-order valence-electron chi connectivity index (χ4n) is 2.00. The molecule has 2 N–H and O–H groups in total. The van der Waals surface area contributed by atoms with Crippen LogP contribution in [-0.4, -0.2) is 23.5 Å². The summed E-state index contributed by atoms with van der Waals surface area (Å²) in [5, 5.41) is 12.1. The van der Waals surface area contributed by atoms with Crippen molar-refractivity contribution in [3.8, 4) is 0 Å². The highest BCUT2D eigenvalue weighted by Crippen LogP contribution is 2.21. The van der Waals surface area contributed by atoms with Crippen molar-refractivity contribution in [1.29, 1.82) is 0 Å². The lowest BCUT2D eigenvalue weighted by molar-refractivity contribution is -0.137. The maximum Gasteiger partial charge on any atom is 0.303 e. The Kier molecular flexibility index (Phi) is 4.30. The third kappa shape index (κ3) is 3.12. The van der Waals surface area contributed by atoms with E-state index in [0.29, 0.717) is 22.8 Å². The van der Waals surface area contributed by atoms with E-state index in [9.17, 15) is 14.0 Å². The number of carbonyl (C=O) groups excluding carboxylic acids is 1. The quantitative estimate of drug-likeness (QED) is 0.824. The summed E-state index contributed by atoms with van der Waals surface area (Å²) in [7, 11) is 0. The van der Waals surface area contributed by atoms with E-state index in [4.69, 9.17) is 5.11 Å². The molecule has 2 aromatic carbocycles.